The number of carboxylic acid groups (broad SMARTS) is 1. The molecule has 2 unspecified atom stereocenters. The van der Waals surface area contributed by atoms with E-state index in [9.17, 15) is 9.59 Å². The molecule has 2 amide bonds. The molecule has 0 aromatic rings. The zero-order valence-electron chi connectivity index (χ0n) is 12.4. The van der Waals surface area contributed by atoms with Crippen molar-refractivity contribution in [3.8, 4) is 0 Å². The molecule has 116 valence electrons. The summed E-state index contributed by atoms with van der Waals surface area (Å²) in [5, 5.41) is 9.13. The zero-order valence-corrected chi connectivity index (χ0v) is 12.4. The van der Waals surface area contributed by atoms with Gasteiger partial charge in [-0.3, -0.25) is 4.79 Å². The van der Waals surface area contributed by atoms with Gasteiger partial charge in [-0.2, -0.15) is 0 Å². The first-order chi connectivity index (χ1) is 9.52. The summed E-state index contributed by atoms with van der Waals surface area (Å²) in [6, 6.07) is -0.602. The predicted molar refractivity (Wildman–Crippen MR) is 72.6 cm³/mol. The Morgan fingerprint density at radius 2 is 2.05 bits per heavy atom. The molecule has 0 spiro atoms. The molecule has 1 heterocycles. The predicted octanol–water partition coefficient (Wildman–Crippen LogP) is 0.496. The van der Waals surface area contributed by atoms with Crippen LogP contribution in [0.2, 0.25) is 0 Å². The monoisotopic (exact) mass is 288 g/mol. The average molecular weight is 288 g/mol. The number of carboxylic acids is 1. The second-order valence-electron chi connectivity index (χ2n) is 4.72. The lowest BCUT2D eigenvalue weighted by Crippen LogP contribution is -2.50. The first kappa shape index (κ1) is 16.7. The molecule has 0 saturated carbocycles. The molecule has 1 fully saturated rings. The lowest BCUT2D eigenvalue weighted by atomic mass is 10.0. The van der Waals surface area contributed by atoms with Gasteiger partial charge in [-0.1, -0.05) is 0 Å². The lowest BCUT2D eigenvalue weighted by Gasteiger charge is -2.32. The molecule has 1 rings (SSSR count). The molecule has 0 aliphatic carbocycles. The van der Waals surface area contributed by atoms with Gasteiger partial charge < -0.3 is 24.4 Å². The van der Waals surface area contributed by atoms with Crippen LogP contribution in [0.15, 0.2) is 0 Å². The van der Waals surface area contributed by atoms with E-state index < -0.39 is 17.9 Å². The van der Waals surface area contributed by atoms with Gasteiger partial charge in [0.25, 0.3) is 0 Å². The molecule has 0 aromatic carbocycles. The molecule has 0 aromatic heterocycles. The summed E-state index contributed by atoms with van der Waals surface area (Å²) >= 11 is 0. The molecule has 20 heavy (non-hydrogen) atoms. The number of hydrogen-bond acceptors (Lipinski definition) is 4. The molecule has 1 saturated heterocycles. The van der Waals surface area contributed by atoms with Crippen molar-refractivity contribution in [3.63, 3.8) is 0 Å². The van der Waals surface area contributed by atoms with Crippen LogP contribution in [0, 0.1) is 5.92 Å². The number of carbonyl (C=O) groups is 2. The van der Waals surface area contributed by atoms with Crippen LogP contribution in [0.1, 0.15) is 13.8 Å². The summed E-state index contributed by atoms with van der Waals surface area (Å²) in [7, 11) is 1.63. The van der Waals surface area contributed by atoms with Crippen molar-refractivity contribution in [3.05, 3.63) is 0 Å². The topological polar surface area (TPSA) is 79.3 Å². The van der Waals surface area contributed by atoms with Gasteiger partial charge in [-0.05, 0) is 13.8 Å². The maximum atomic E-state index is 12.4. The highest BCUT2D eigenvalue weighted by atomic mass is 16.5. The zero-order chi connectivity index (χ0) is 15.1. The number of amides is 2. The van der Waals surface area contributed by atoms with Crippen LogP contribution in [-0.4, -0.2) is 79.5 Å². The summed E-state index contributed by atoms with van der Waals surface area (Å²) in [5.41, 5.74) is 0. The molecule has 0 bridgehead atoms. The number of hydrogen-bond donors (Lipinski definition) is 1. The van der Waals surface area contributed by atoms with Crippen molar-refractivity contribution in [1.82, 2.24) is 9.80 Å². The highest BCUT2D eigenvalue weighted by Gasteiger charge is 2.39. The van der Waals surface area contributed by atoms with E-state index in [-0.39, 0.29) is 19.2 Å². The fraction of sp³-hybridized carbons (Fsp3) is 0.846. The SMILES string of the molecule is CCOCCN(CC)C(=O)N(C)C1COCC1C(=O)O. The van der Waals surface area contributed by atoms with E-state index >= 15 is 0 Å². The minimum Gasteiger partial charge on any atom is -0.481 e. The van der Waals surface area contributed by atoms with Gasteiger partial charge in [0.1, 0.15) is 5.92 Å². The third-order valence-electron chi connectivity index (χ3n) is 3.53. The maximum Gasteiger partial charge on any atom is 0.320 e. The molecular formula is C13H24N2O5. The Kier molecular flexibility index (Phi) is 6.74. The van der Waals surface area contributed by atoms with Crippen molar-refractivity contribution < 1.29 is 24.2 Å². The van der Waals surface area contributed by atoms with E-state index in [0.29, 0.717) is 26.3 Å². The van der Waals surface area contributed by atoms with Gasteiger partial charge in [0, 0.05) is 26.7 Å². The van der Waals surface area contributed by atoms with Crippen LogP contribution < -0.4 is 0 Å². The fourth-order valence-electron chi connectivity index (χ4n) is 2.23. The fourth-order valence-corrected chi connectivity index (χ4v) is 2.23. The van der Waals surface area contributed by atoms with Crippen molar-refractivity contribution in [2.24, 2.45) is 5.92 Å². The van der Waals surface area contributed by atoms with Crippen LogP contribution in [0.25, 0.3) is 0 Å². The summed E-state index contributed by atoms with van der Waals surface area (Å²) in [6.07, 6.45) is 0. The van der Waals surface area contributed by atoms with Crippen molar-refractivity contribution in [2.45, 2.75) is 19.9 Å². The Hall–Kier alpha value is -1.34. The van der Waals surface area contributed by atoms with Crippen molar-refractivity contribution in [2.75, 3.05) is 46.6 Å². The number of likely N-dealkylation sites (N-methyl/N-ethyl adjacent to an activating group) is 2. The number of rotatable bonds is 7. The van der Waals surface area contributed by atoms with Gasteiger partial charge in [0.2, 0.25) is 0 Å². The van der Waals surface area contributed by atoms with Crippen molar-refractivity contribution >= 4 is 12.0 Å². The van der Waals surface area contributed by atoms with Crippen LogP contribution >= 0.6 is 0 Å². The summed E-state index contributed by atoms with van der Waals surface area (Å²) in [5.74, 6) is -1.58. The minimum absolute atomic E-state index is 0.155. The van der Waals surface area contributed by atoms with Crippen LogP contribution in [0.4, 0.5) is 4.79 Å². The van der Waals surface area contributed by atoms with Crippen LogP contribution in [0.5, 0.6) is 0 Å². The lowest BCUT2D eigenvalue weighted by molar-refractivity contribution is -0.142. The second kappa shape index (κ2) is 8.06. The first-order valence-electron chi connectivity index (χ1n) is 6.92. The number of carbonyl (C=O) groups excluding carboxylic acids is 1. The quantitative estimate of drug-likeness (QED) is 0.690. The van der Waals surface area contributed by atoms with E-state index in [1.165, 1.54) is 4.90 Å². The third-order valence-corrected chi connectivity index (χ3v) is 3.53. The van der Waals surface area contributed by atoms with Gasteiger partial charge >= 0.3 is 12.0 Å². The smallest absolute Gasteiger partial charge is 0.320 e. The van der Waals surface area contributed by atoms with Gasteiger partial charge in [0.05, 0.1) is 25.9 Å². The Balaban J connectivity index is 2.61. The highest BCUT2D eigenvalue weighted by Crippen LogP contribution is 2.20. The van der Waals surface area contributed by atoms with Gasteiger partial charge in [-0.25, -0.2) is 4.79 Å². The molecule has 0 radical (unpaired) electrons. The summed E-state index contributed by atoms with van der Waals surface area (Å²) in [6.45, 7) is 6.35. The Labute approximate surface area is 119 Å². The van der Waals surface area contributed by atoms with Gasteiger partial charge in [-0.15, -0.1) is 0 Å². The van der Waals surface area contributed by atoms with E-state index in [1.54, 1.807) is 11.9 Å². The van der Waals surface area contributed by atoms with E-state index in [0.717, 1.165) is 0 Å². The number of aliphatic carboxylic acids is 1. The Morgan fingerprint density at radius 1 is 1.35 bits per heavy atom. The Morgan fingerprint density at radius 3 is 2.60 bits per heavy atom. The third kappa shape index (κ3) is 4.08. The number of ether oxygens (including phenoxy) is 2. The molecule has 2 atom stereocenters. The van der Waals surface area contributed by atoms with Crippen LogP contribution in [-0.2, 0) is 14.3 Å². The van der Waals surface area contributed by atoms with E-state index in [1.807, 2.05) is 13.8 Å². The molecule has 1 aliphatic heterocycles. The molecule has 7 nitrogen and oxygen atoms in total. The first-order valence-corrected chi connectivity index (χ1v) is 6.92. The molecule has 7 heteroatoms. The largest absolute Gasteiger partial charge is 0.481 e. The van der Waals surface area contributed by atoms with Crippen molar-refractivity contribution in [1.29, 1.82) is 0 Å². The summed E-state index contributed by atoms with van der Waals surface area (Å²) < 4.78 is 10.4. The minimum atomic E-state index is -0.926. The molecular weight excluding hydrogens is 264 g/mol. The number of urea groups is 1. The van der Waals surface area contributed by atoms with Gasteiger partial charge in [0.15, 0.2) is 0 Å². The standard InChI is InChI=1S/C13H24N2O5/c1-4-15(6-7-19-5-2)13(18)14(3)11-9-20-8-10(11)12(16)17/h10-11H,4-9H2,1-3H3,(H,16,17). The highest BCUT2D eigenvalue weighted by molar-refractivity contribution is 5.77. The molecule has 1 aliphatic rings. The average Bonchev–Trinajstić information content (AvgIpc) is 2.91. The van der Waals surface area contributed by atoms with E-state index in [2.05, 4.69) is 0 Å². The number of nitrogens with zero attached hydrogens (tertiary/aromatic N) is 2. The second-order valence-corrected chi connectivity index (χ2v) is 4.72. The maximum absolute atomic E-state index is 12.4. The van der Waals surface area contributed by atoms with Crippen LogP contribution in [0.3, 0.4) is 0 Å². The normalized spacial score (nSPS) is 21.8. The summed E-state index contributed by atoms with van der Waals surface area (Å²) in [4.78, 5) is 26.6. The van der Waals surface area contributed by atoms with E-state index in [4.69, 9.17) is 14.6 Å². The molecule has 1 N–H and O–H groups in total. The Bertz CT molecular complexity index is 337.